The molecular weight excluding hydrogens is 316 g/mol. The lowest BCUT2D eigenvalue weighted by atomic mass is 10.2. The first kappa shape index (κ1) is 17.2. The average molecular weight is 335 g/mol. The third kappa shape index (κ3) is 6.20. The van der Waals surface area contributed by atoms with Crippen LogP contribution in [-0.2, 0) is 16.1 Å². The van der Waals surface area contributed by atoms with E-state index in [1.54, 1.807) is 6.92 Å². The van der Waals surface area contributed by atoms with Crippen LogP contribution >= 0.6 is 11.6 Å². The number of hydrogen-bond acceptors (Lipinski definition) is 4. The maximum absolute atomic E-state index is 11.2. The number of carbonyl (C=O) groups excluding carboxylic acids is 1. The molecule has 0 aliphatic rings. The van der Waals surface area contributed by atoms with Crippen molar-refractivity contribution in [2.75, 3.05) is 13.2 Å². The Kier molecular flexibility index (Phi) is 6.76. The van der Waals surface area contributed by atoms with Gasteiger partial charge in [-0.3, -0.25) is 4.79 Å². The van der Waals surface area contributed by atoms with Crippen LogP contribution in [0.4, 0.5) is 0 Å². The van der Waals surface area contributed by atoms with Crippen LogP contribution in [0.2, 0.25) is 5.02 Å². The standard InChI is InChI=1S/C18H19ClO4/c1-2-21-18(20)11-12-22-16-7-9-17(10-8-16)23-13-14-3-5-15(19)6-4-14/h3-10H,2,11-13H2,1H3. The van der Waals surface area contributed by atoms with Gasteiger partial charge in [0.15, 0.2) is 0 Å². The second kappa shape index (κ2) is 9.06. The van der Waals surface area contributed by atoms with Gasteiger partial charge in [0, 0.05) is 5.02 Å². The molecule has 122 valence electrons. The maximum Gasteiger partial charge on any atom is 0.309 e. The normalized spacial score (nSPS) is 10.2. The van der Waals surface area contributed by atoms with Gasteiger partial charge in [0.1, 0.15) is 18.1 Å². The molecule has 0 amide bonds. The molecule has 0 spiro atoms. The van der Waals surface area contributed by atoms with Gasteiger partial charge in [0.2, 0.25) is 0 Å². The minimum absolute atomic E-state index is 0.239. The molecule has 0 atom stereocenters. The van der Waals surface area contributed by atoms with E-state index in [-0.39, 0.29) is 12.4 Å². The number of halogens is 1. The zero-order valence-electron chi connectivity index (χ0n) is 13.0. The SMILES string of the molecule is CCOC(=O)CCOc1ccc(OCc2ccc(Cl)cc2)cc1. The lowest BCUT2D eigenvalue weighted by Gasteiger charge is -2.09. The second-order valence-corrected chi connectivity index (χ2v) is 5.23. The van der Waals surface area contributed by atoms with Gasteiger partial charge in [0.05, 0.1) is 19.6 Å². The van der Waals surface area contributed by atoms with Crippen LogP contribution in [0.1, 0.15) is 18.9 Å². The summed E-state index contributed by atoms with van der Waals surface area (Å²) in [6, 6.07) is 14.8. The highest BCUT2D eigenvalue weighted by atomic mass is 35.5. The number of ether oxygens (including phenoxy) is 3. The molecular formula is C18H19ClO4. The second-order valence-electron chi connectivity index (χ2n) is 4.79. The Morgan fingerprint density at radius 3 is 2.17 bits per heavy atom. The summed E-state index contributed by atoms with van der Waals surface area (Å²) in [5, 5.41) is 0.707. The summed E-state index contributed by atoms with van der Waals surface area (Å²) in [4.78, 5) is 11.2. The van der Waals surface area contributed by atoms with Crippen molar-refractivity contribution < 1.29 is 19.0 Å². The monoisotopic (exact) mass is 334 g/mol. The zero-order valence-corrected chi connectivity index (χ0v) is 13.7. The number of esters is 1. The van der Waals surface area contributed by atoms with E-state index in [1.165, 1.54) is 0 Å². The molecule has 4 nitrogen and oxygen atoms in total. The fraction of sp³-hybridized carbons (Fsp3) is 0.278. The molecule has 0 bridgehead atoms. The van der Waals surface area contributed by atoms with Crippen LogP contribution < -0.4 is 9.47 Å². The number of hydrogen-bond donors (Lipinski definition) is 0. The van der Waals surface area contributed by atoms with Crippen LogP contribution in [0.15, 0.2) is 48.5 Å². The Morgan fingerprint density at radius 1 is 0.957 bits per heavy atom. The summed E-state index contributed by atoms with van der Waals surface area (Å²) in [5.74, 6) is 1.18. The van der Waals surface area contributed by atoms with E-state index in [1.807, 2.05) is 48.5 Å². The summed E-state index contributed by atoms with van der Waals surface area (Å²) < 4.78 is 16.0. The topological polar surface area (TPSA) is 44.8 Å². The predicted molar refractivity (Wildman–Crippen MR) is 89.0 cm³/mol. The minimum atomic E-state index is -0.254. The smallest absolute Gasteiger partial charge is 0.309 e. The van der Waals surface area contributed by atoms with E-state index in [0.717, 1.165) is 11.3 Å². The highest BCUT2D eigenvalue weighted by Crippen LogP contribution is 2.19. The molecule has 2 aromatic carbocycles. The van der Waals surface area contributed by atoms with Crippen LogP contribution in [0.5, 0.6) is 11.5 Å². The fourth-order valence-corrected chi connectivity index (χ4v) is 1.99. The fourth-order valence-electron chi connectivity index (χ4n) is 1.86. The Balaban J connectivity index is 1.75. The molecule has 2 aromatic rings. The van der Waals surface area contributed by atoms with Crippen LogP contribution in [0.3, 0.4) is 0 Å². The third-order valence-electron chi connectivity index (χ3n) is 3.02. The first-order valence-electron chi connectivity index (χ1n) is 7.43. The molecule has 0 aliphatic carbocycles. The summed E-state index contributed by atoms with van der Waals surface area (Å²) in [7, 11) is 0. The van der Waals surface area contributed by atoms with E-state index in [9.17, 15) is 4.79 Å². The molecule has 0 aromatic heterocycles. The summed E-state index contributed by atoms with van der Waals surface area (Å²) in [6.45, 7) is 2.93. The molecule has 0 N–H and O–H groups in total. The van der Waals surface area contributed by atoms with E-state index in [2.05, 4.69) is 0 Å². The molecule has 0 aliphatic heterocycles. The summed E-state index contributed by atoms with van der Waals surface area (Å²) >= 11 is 5.84. The highest BCUT2D eigenvalue weighted by Gasteiger charge is 2.03. The van der Waals surface area contributed by atoms with Crippen LogP contribution in [0, 0.1) is 0 Å². The van der Waals surface area contributed by atoms with E-state index in [4.69, 9.17) is 25.8 Å². The summed E-state index contributed by atoms with van der Waals surface area (Å²) in [6.07, 6.45) is 0.239. The number of rotatable bonds is 8. The van der Waals surface area contributed by atoms with Crippen molar-refractivity contribution in [3.05, 3.63) is 59.1 Å². The lowest BCUT2D eigenvalue weighted by molar-refractivity contribution is -0.143. The number of carbonyl (C=O) groups is 1. The first-order valence-corrected chi connectivity index (χ1v) is 7.81. The van der Waals surface area contributed by atoms with Crippen molar-refractivity contribution in [1.82, 2.24) is 0 Å². The van der Waals surface area contributed by atoms with E-state index >= 15 is 0 Å². The molecule has 5 heteroatoms. The Bertz CT molecular complexity index is 608. The van der Waals surface area contributed by atoms with E-state index < -0.39 is 0 Å². The molecule has 0 radical (unpaired) electrons. The first-order chi connectivity index (χ1) is 11.2. The van der Waals surface area contributed by atoms with Crippen molar-refractivity contribution in [3.63, 3.8) is 0 Å². The molecule has 2 rings (SSSR count). The Morgan fingerprint density at radius 2 is 1.57 bits per heavy atom. The van der Waals surface area contributed by atoms with Crippen molar-refractivity contribution in [3.8, 4) is 11.5 Å². The van der Waals surface area contributed by atoms with Crippen LogP contribution in [0.25, 0.3) is 0 Å². The van der Waals surface area contributed by atoms with Gasteiger partial charge in [-0.15, -0.1) is 0 Å². The van der Waals surface area contributed by atoms with Crippen molar-refractivity contribution >= 4 is 17.6 Å². The van der Waals surface area contributed by atoms with Gasteiger partial charge in [-0.05, 0) is 48.9 Å². The molecule has 0 saturated carbocycles. The quantitative estimate of drug-likeness (QED) is 0.677. The Hall–Kier alpha value is -2.20. The predicted octanol–water partition coefficient (Wildman–Crippen LogP) is 4.25. The minimum Gasteiger partial charge on any atom is -0.493 e. The molecule has 23 heavy (non-hydrogen) atoms. The van der Waals surface area contributed by atoms with Gasteiger partial charge >= 0.3 is 5.97 Å². The summed E-state index contributed by atoms with van der Waals surface area (Å²) in [5.41, 5.74) is 1.05. The van der Waals surface area contributed by atoms with Crippen molar-refractivity contribution in [1.29, 1.82) is 0 Å². The lowest BCUT2D eigenvalue weighted by Crippen LogP contribution is -2.09. The van der Waals surface area contributed by atoms with Gasteiger partial charge in [-0.2, -0.15) is 0 Å². The number of benzene rings is 2. The van der Waals surface area contributed by atoms with Crippen molar-refractivity contribution in [2.45, 2.75) is 20.0 Å². The third-order valence-corrected chi connectivity index (χ3v) is 3.27. The largest absolute Gasteiger partial charge is 0.493 e. The van der Waals surface area contributed by atoms with E-state index in [0.29, 0.717) is 30.6 Å². The van der Waals surface area contributed by atoms with Gasteiger partial charge < -0.3 is 14.2 Å². The molecule has 0 fully saturated rings. The van der Waals surface area contributed by atoms with Gasteiger partial charge in [0.25, 0.3) is 0 Å². The average Bonchev–Trinajstić information content (AvgIpc) is 2.56. The molecule has 0 unspecified atom stereocenters. The van der Waals surface area contributed by atoms with Crippen LogP contribution in [-0.4, -0.2) is 19.2 Å². The molecule has 0 saturated heterocycles. The van der Waals surface area contributed by atoms with Gasteiger partial charge in [-0.1, -0.05) is 23.7 Å². The van der Waals surface area contributed by atoms with Gasteiger partial charge in [-0.25, -0.2) is 0 Å². The molecule has 0 heterocycles. The van der Waals surface area contributed by atoms with Crippen molar-refractivity contribution in [2.24, 2.45) is 0 Å². The Labute approximate surface area is 140 Å². The zero-order chi connectivity index (χ0) is 16.5. The maximum atomic E-state index is 11.2. The highest BCUT2D eigenvalue weighted by molar-refractivity contribution is 6.30.